The van der Waals surface area contributed by atoms with Crippen molar-refractivity contribution in [2.45, 2.75) is 26.8 Å². The zero-order valence-electron chi connectivity index (χ0n) is 22.1. The largest absolute Gasteiger partial charge is 0.496 e. The van der Waals surface area contributed by atoms with Gasteiger partial charge in [0, 0.05) is 36.7 Å². The van der Waals surface area contributed by atoms with E-state index in [2.05, 4.69) is 11.1 Å². The van der Waals surface area contributed by atoms with E-state index < -0.39 is 0 Å². The van der Waals surface area contributed by atoms with E-state index in [1.54, 1.807) is 40.1 Å². The van der Waals surface area contributed by atoms with Crippen LogP contribution < -0.4 is 4.74 Å². The number of hydrogen-bond acceptors (Lipinski definition) is 3. The van der Waals surface area contributed by atoms with Crippen LogP contribution in [0.15, 0.2) is 79.0 Å². The van der Waals surface area contributed by atoms with E-state index in [0.29, 0.717) is 37.4 Å². The highest BCUT2D eigenvalue weighted by Crippen LogP contribution is 2.21. The Morgan fingerprint density at radius 1 is 0.947 bits per heavy atom. The number of H-pyrrole nitrogens is 1. The number of nitrogens with one attached hydrogen (secondary N) is 1. The van der Waals surface area contributed by atoms with Crippen LogP contribution in [-0.4, -0.2) is 53.3 Å². The lowest BCUT2D eigenvalue weighted by Crippen LogP contribution is -2.44. The topological polar surface area (TPSA) is 65.6 Å². The van der Waals surface area contributed by atoms with Gasteiger partial charge >= 0.3 is 0 Å². The molecule has 38 heavy (non-hydrogen) atoms. The molecular formula is C31H34FN3O3. The van der Waals surface area contributed by atoms with Gasteiger partial charge < -0.3 is 19.5 Å². The summed E-state index contributed by atoms with van der Waals surface area (Å²) in [6.45, 7) is 5.16. The molecule has 0 aliphatic rings. The molecule has 0 fully saturated rings. The number of aromatic nitrogens is 1. The number of nitrogens with zero attached hydrogens (tertiary/aromatic N) is 2. The van der Waals surface area contributed by atoms with Crippen LogP contribution in [0.2, 0.25) is 0 Å². The van der Waals surface area contributed by atoms with Crippen LogP contribution >= 0.6 is 0 Å². The number of amides is 2. The van der Waals surface area contributed by atoms with E-state index in [4.69, 9.17) is 4.74 Å². The van der Waals surface area contributed by atoms with Crippen LogP contribution in [-0.2, 0) is 17.8 Å². The Morgan fingerprint density at radius 2 is 1.66 bits per heavy atom. The van der Waals surface area contributed by atoms with Crippen molar-refractivity contribution >= 4 is 22.7 Å². The van der Waals surface area contributed by atoms with E-state index in [0.717, 1.165) is 22.0 Å². The van der Waals surface area contributed by atoms with Crippen molar-refractivity contribution in [2.75, 3.05) is 26.7 Å². The van der Waals surface area contributed by atoms with Gasteiger partial charge in [-0.3, -0.25) is 9.59 Å². The van der Waals surface area contributed by atoms with Crippen LogP contribution in [0.4, 0.5) is 4.39 Å². The molecule has 4 rings (SSSR count). The van der Waals surface area contributed by atoms with Gasteiger partial charge in [-0.15, -0.1) is 0 Å². The second-order valence-electron chi connectivity index (χ2n) is 9.83. The maximum Gasteiger partial charge on any atom is 0.258 e. The lowest BCUT2D eigenvalue weighted by atomic mass is 10.1. The fourth-order valence-corrected chi connectivity index (χ4v) is 4.61. The molecule has 198 valence electrons. The molecular weight excluding hydrogens is 481 g/mol. The first-order chi connectivity index (χ1) is 18.4. The molecule has 0 saturated heterocycles. The van der Waals surface area contributed by atoms with E-state index >= 15 is 0 Å². The number of halogens is 1. The average molecular weight is 516 g/mol. The van der Waals surface area contributed by atoms with E-state index in [1.807, 2.05) is 44.3 Å². The lowest BCUT2D eigenvalue weighted by molar-refractivity contribution is -0.132. The predicted molar refractivity (Wildman–Crippen MR) is 148 cm³/mol. The first-order valence-corrected chi connectivity index (χ1v) is 12.8. The Bertz CT molecular complexity index is 1380. The number of para-hydroxylation sites is 2. The first-order valence-electron chi connectivity index (χ1n) is 12.8. The molecule has 1 heterocycles. The number of methoxy groups -OCH3 is 1. The van der Waals surface area contributed by atoms with Crippen molar-refractivity contribution < 1.29 is 18.7 Å². The van der Waals surface area contributed by atoms with Gasteiger partial charge in [-0.2, -0.15) is 0 Å². The summed E-state index contributed by atoms with van der Waals surface area (Å²) in [5.41, 5.74) is 3.41. The molecule has 0 saturated carbocycles. The Morgan fingerprint density at radius 3 is 2.39 bits per heavy atom. The van der Waals surface area contributed by atoms with Gasteiger partial charge in [0.25, 0.3) is 5.91 Å². The third kappa shape index (κ3) is 6.59. The van der Waals surface area contributed by atoms with Crippen LogP contribution in [0.3, 0.4) is 0 Å². The molecule has 0 aliphatic carbocycles. The number of ether oxygens (including phenoxy) is 1. The standard InChI is InChI=1S/C31H34FN3O3/c1-22(2)19-35(31(37)27-9-5-7-11-29(27)38-3)21-30(36)34(20-23-12-14-25(32)15-13-23)17-16-24-18-33-28-10-6-4-8-26(24)28/h4-15,18,22,33H,16-17,19-21H2,1-3H3. The number of benzene rings is 3. The second kappa shape index (κ2) is 12.4. The molecule has 3 aromatic carbocycles. The van der Waals surface area contributed by atoms with Crippen LogP contribution in [0.1, 0.15) is 35.3 Å². The summed E-state index contributed by atoms with van der Waals surface area (Å²) in [5, 5.41) is 1.12. The monoisotopic (exact) mass is 515 g/mol. The van der Waals surface area contributed by atoms with Crippen molar-refractivity contribution in [1.29, 1.82) is 0 Å². The van der Waals surface area contributed by atoms with Crippen molar-refractivity contribution in [3.63, 3.8) is 0 Å². The van der Waals surface area contributed by atoms with Gasteiger partial charge in [-0.25, -0.2) is 4.39 Å². The molecule has 2 amide bonds. The molecule has 0 aliphatic heterocycles. The molecule has 0 unspecified atom stereocenters. The van der Waals surface area contributed by atoms with Crippen molar-refractivity contribution in [1.82, 2.24) is 14.8 Å². The zero-order chi connectivity index (χ0) is 27.1. The Labute approximate surface area is 223 Å². The fraction of sp³-hybridized carbons (Fsp3) is 0.290. The van der Waals surface area contributed by atoms with Crippen LogP contribution in [0.25, 0.3) is 10.9 Å². The van der Waals surface area contributed by atoms with Crippen molar-refractivity contribution in [3.8, 4) is 5.75 Å². The first kappa shape index (κ1) is 26.9. The zero-order valence-corrected chi connectivity index (χ0v) is 22.1. The quantitative estimate of drug-likeness (QED) is 0.279. The molecule has 4 aromatic rings. The highest BCUT2D eigenvalue weighted by atomic mass is 19.1. The third-order valence-corrected chi connectivity index (χ3v) is 6.50. The summed E-state index contributed by atoms with van der Waals surface area (Å²) in [7, 11) is 1.53. The summed E-state index contributed by atoms with van der Waals surface area (Å²) in [5.74, 6) is -0.101. The molecule has 1 N–H and O–H groups in total. The minimum Gasteiger partial charge on any atom is -0.496 e. The van der Waals surface area contributed by atoms with Gasteiger partial charge in [-0.1, -0.05) is 56.3 Å². The fourth-order valence-electron chi connectivity index (χ4n) is 4.61. The van der Waals surface area contributed by atoms with E-state index in [-0.39, 0.29) is 30.1 Å². The molecule has 7 heteroatoms. The minimum absolute atomic E-state index is 0.0653. The number of fused-ring (bicyclic) bond motifs is 1. The highest BCUT2D eigenvalue weighted by molar-refractivity contribution is 5.98. The smallest absolute Gasteiger partial charge is 0.258 e. The second-order valence-corrected chi connectivity index (χ2v) is 9.83. The number of hydrogen-bond donors (Lipinski definition) is 1. The summed E-state index contributed by atoms with van der Waals surface area (Å²) in [4.78, 5) is 33.9. The molecule has 0 spiro atoms. The van der Waals surface area contributed by atoms with Crippen molar-refractivity contribution in [2.24, 2.45) is 5.92 Å². The molecule has 0 atom stereocenters. The predicted octanol–water partition coefficient (Wildman–Crippen LogP) is 5.69. The Kier molecular flexibility index (Phi) is 8.79. The van der Waals surface area contributed by atoms with Gasteiger partial charge in [0.15, 0.2) is 0 Å². The van der Waals surface area contributed by atoms with E-state index in [1.165, 1.54) is 19.2 Å². The lowest BCUT2D eigenvalue weighted by Gasteiger charge is -2.29. The third-order valence-electron chi connectivity index (χ3n) is 6.50. The Balaban J connectivity index is 1.57. The summed E-state index contributed by atoms with van der Waals surface area (Å²) < 4.78 is 18.9. The highest BCUT2D eigenvalue weighted by Gasteiger charge is 2.25. The van der Waals surface area contributed by atoms with Gasteiger partial charge in [0.1, 0.15) is 18.1 Å². The number of carbonyl (C=O) groups is 2. The maximum absolute atomic E-state index is 13.7. The molecule has 6 nitrogen and oxygen atoms in total. The number of carbonyl (C=O) groups excluding carboxylic acids is 2. The SMILES string of the molecule is COc1ccccc1C(=O)N(CC(=O)N(CCc1c[nH]c2ccccc12)Cc1ccc(F)cc1)CC(C)C. The molecule has 0 bridgehead atoms. The van der Waals surface area contributed by atoms with Gasteiger partial charge in [-0.05, 0) is 53.8 Å². The van der Waals surface area contributed by atoms with E-state index in [9.17, 15) is 14.0 Å². The normalized spacial score (nSPS) is 11.1. The van der Waals surface area contributed by atoms with Gasteiger partial charge in [0.2, 0.25) is 5.91 Å². The van der Waals surface area contributed by atoms with Gasteiger partial charge in [0.05, 0.1) is 12.7 Å². The summed E-state index contributed by atoms with van der Waals surface area (Å²) in [6.07, 6.45) is 2.61. The number of rotatable bonds is 11. The van der Waals surface area contributed by atoms with Crippen LogP contribution in [0, 0.1) is 11.7 Å². The molecule has 1 aromatic heterocycles. The van der Waals surface area contributed by atoms with Crippen LogP contribution in [0.5, 0.6) is 5.75 Å². The number of aromatic amines is 1. The summed E-state index contributed by atoms with van der Waals surface area (Å²) >= 11 is 0. The Hall–Kier alpha value is -4.13. The average Bonchev–Trinajstić information content (AvgIpc) is 3.34. The maximum atomic E-state index is 13.7. The minimum atomic E-state index is -0.323. The molecule has 0 radical (unpaired) electrons. The van der Waals surface area contributed by atoms with Crippen molar-refractivity contribution in [3.05, 3.63) is 102 Å². The summed E-state index contributed by atoms with van der Waals surface area (Å²) in [6, 6.07) is 21.3.